The number of hydrogen-bond acceptors (Lipinski definition) is 2. The molecule has 1 fully saturated rings. The van der Waals surface area contributed by atoms with Gasteiger partial charge in [-0.05, 0) is 23.2 Å². The molecule has 0 saturated carbocycles. The topological polar surface area (TPSA) is 52.0 Å². The van der Waals surface area contributed by atoms with E-state index in [0.29, 0.717) is 10.0 Å². The molecular formula is C10H10Cl2N4. The van der Waals surface area contributed by atoms with Crippen LogP contribution in [0, 0.1) is 0 Å². The molecule has 0 unspecified atom stereocenters. The summed E-state index contributed by atoms with van der Waals surface area (Å²) < 4.78 is 0. The first-order valence-electron chi connectivity index (χ1n) is 4.89. The molecule has 4 nitrogen and oxygen atoms in total. The van der Waals surface area contributed by atoms with Crippen molar-refractivity contribution in [3.05, 3.63) is 44.3 Å². The van der Waals surface area contributed by atoms with Crippen molar-refractivity contribution < 1.29 is 0 Å². The van der Waals surface area contributed by atoms with E-state index in [1.165, 1.54) is 0 Å². The van der Waals surface area contributed by atoms with Crippen LogP contribution in [-0.2, 0) is 6.54 Å². The van der Waals surface area contributed by atoms with Crippen LogP contribution >= 0.6 is 23.2 Å². The lowest BCUT2D eigenvalue weighted by Gasteiger charge is -2.36. The first-order chi connectivity index (χ1) is 7.69. The summed E-state index contributed by atoms with van der Waals surface area (Å²) >= 11 is 11.7. The molecule has 1 saturated heterocycles. The van der Waals surface area contributed by atoms with Crippen LogP contribution in [0.4, 0.5) is 0 Å². The van der Waals surface area contributed by atoms with Crippen molar-refractivity contribution in [3.63, 3.8) is 0 Å². The largest absolute Gasteiger partial charge is 0.298 e. The Morgan fingerprint density at radius 1 is 1.38 bits per heavy atom. The van der Waals surface area contributed by atoms with Crippen LogP contribution in [0.25, 0.3) is 10.4 Å². The van der Waals surface area contributed by atoms with Gasteiger partial charge in [0.15, 0.2) is 0 Å². The van der Waals surface area contributed by atoms with E-state index in [1.807, 2.05) is 12.1 Å². The summed E-state index contributed by atoms with van der Waals surface area (Å²) in [7, 11) is 0. The Kier molecular flexibility index (Phi) is 3.56. The van der Waals surface area contributed by atoms with Crippen molar-refractivity contribution in [2.24, 2.45) is 5.11 Å². The molecule has 0 N–H and O–H groups in total. The van der Waals surface area contributed by atoms with Gasteiger partial charge in [0.25, 0.3) is 0 Å². The fraction of sp³-hybridized carbons (Fsp3) is 0.400. The standard InChI is InChI=1S/C10H10Cl2N4/c11-9-2-1-7(3-10(9)12)4-16-5-8(6-16)14-15-13/h1-3,8H,4-6H2. The Hall–Kier alpha value is -0.930. The molecule has 0 bridgehead atoms. The lowest BCUT2D eigenvalue weighted by atomic mass is 10.1. The van der Waals surface area contributed by atoms with E-state index in [9.17, 15) is 0 Å². The summed E-state index contributed by atoms with van der Waals surface area (Å²) in [6, 6.07) is 5.73. The van der Waals surface area contributed by atoms with Gasteiger partial charge in [0.05, 0.1) is 16.1 Å². The average Bonchev–Trinajstić information content (AvgIpc) is 2.20. The van der Waals surface area contributed by atoms with Crippen LogP contribution in [0.3, 0.4) is 0 Å². The summed E-state index contributed by atoms with van der Waals surface area (Å²) in [4.78, 5) is 4.98. The number of halogens is 2. The number of azide groups is 1. The zero-order chi connectivity index (χ0) is 11.5. The van der Waals surface area contributed by atoms with Gasteiger partial charge < -0.3 is 0 Å². The lowest BCUT2D eigenvalue weighted by molar-refractivity contribution is 0.142. The molecule has 2 rings (SSSR count). The highest BCUT2D eigenvalue weighted by atomic mass is 35.5. The van der Waals surface area contributed by atoms with Crippen molar-refractivity contribution in [2.45, 2.75) is 12.6 Å². The monoisotopic (exact) mass is 256 g/mol. The SMILES string of the molecule is [N-]=[N+]=NC1CN(Cc2ccc(Cl)c(Cl)c2)C1. The number of nitrogens with zero attached hydrogens (tertiary/aromatic N) is 4. The van der Waals surface area contributed by atoms with Gasteiger partial charge >= 0.3 is 0 Å². The zero-order valence-corrected chi connectivity index (χ0v) is 9.99. The normalized spacial score (nSPS) is 16.6. The third kappa shape index (κ3) is 2.60. The molecule has 0 atom stereocenters. The van der Waals surface area contributed by atoms with Gasteiger partial charge in [-0.15, -0.1) is 0 Å². The van der Waals surface area contributed by atoms with Gasteiger partial charge in [-0.3, -0.25) is 4.90 Å². The molecular weight excluding hydrogens is 247 g/mol. The Labute approximate surface area is 103 Å². The van der Waals surface area contributed by atoms with Crippen molar-refractivity contribution in [1.82, 2.24) is 4.90 Å². The van der Waals surface area contributed by atoms with E-state index in [-0.39, 0.29) is 6.04 Å². The second-order valence-corrected chi connectivity index (χ2v) is 4.62. The minimum atomic E-state index is 0.118. The molecule has 6 heteroatoms. The summed E-state index contributed by atoms with van der Waals surface area (Å²) in [5, 5.41) is 4.79. The minimum absolute atomic E-state index is 0.118. The highest BCUT2D eigenvalue weighted by Crippen LogP contribution is 2.24. The van der Waals surface area contributed by atoms with Gasteiger partial charge in [-0.2, -0.15) is 0 Å². The van der Waals surface area contributed by atoms with E-state index in [4.69, 9.17) is 28.7 Å². The van der Waals surface area contributed by atoms with Crippen molar-refractivity contribution in [2.75, 3.05) is 13.1 Å². The predicted molar refractivity (Wildman–Crippen MR) is 64.7 cm³/mol. The summed E-state index contributed by atoms with van der Waals surface area (Å²) in [6.07, 6.45) is 0. The Morgan fingerprint density at radius 3 is 2.75 bits per heavy atom. The maximum absolute atomic E-state index is 8.25. The fourth-order valence-electron chi connectivity index (χ4n) is 1.71. The Morgan fingerprint density at radius 2 is 2.12 bits per heavy atom. The van der Waals surface area contributed by atoms with Crippen molar-refractivity contribution in [3.8, 4) is 0 Å². The molecule has 0 aliphatic carbocycles. The first kappa shape index (κ1) is 11.6. The molecule has 0 amide bonds. The molecule has 1 aromatic carbocycles. The van der Waals surface area contributed by atoms with Gasteiger partial charge in [0.1, 0.15) is 0 Å². The number of hydrogen-bond donors (Lipinski definition) is 0. The molecule has 0 spiro atoms. The molecule has 1 aliphatic rings. The summed E-state index contributed by atoms with van der Waals surface area (Å²) in [5.74, 6) is 0. The van der Waals surface area contributed by atoms with E-state index in [2.05, 4.69) is 14.9 Å². The van der Waals surface area contributed by atoms with E-state index < -0.39 is 0 Å². The van der Waals surface area contributed by atoms with E-state index >= 15 is 0 Å². The van der Waals surface area contributed by atoms with Gasteiger partial charge in [-0.25, -0.2) is 0 Å². The molecule has 1 aliphatic heterocycles. The molecule has 1 aromatic rings. The van der Waals surface area contributed by atoms with Crippen LogP contribution in [0.15, 0.2) is 23.3 Å². The fourth-order valence-corrected chi connectivity index (χ4v) is 2.03. The first-order valence-corrected chi connectivity index (χ1v) is 5.65. The quantitative estimate of drug-likeness (QED) is 0.464. The van der Waals surface area contributed by atoms with Crippen LogP contribution in [0.5, 0.6) is 0 Å². The maximum Gasteiger partial charge on any atom is 0.0628 e. The molecule has 16 heavy (non-hydrogen) atoms. The third-order valence-electron chi connectivity index (χ3n) is 2.54. The van der Waals surface area contributed by atoms with Gasteiger partial charge in [-0.1, -0.05) is 34.4 Å². The predicted octanol–water partition coefficient (Wildman–Crippen LogP) is 3.49. The Bertz CT molecular complexity index is 436. The second kappa shape index (κ2) is 4.93. The van der Waals surface area contributed by atoms with E-state index in [0.717, 1.165) is 25.2 Å². The number of rotatable bonds is 3. The zero-order valence-electron chi connectivity index (χ0n) is 8.48. The van der Waals surface area contributed by atoms with Gasteiger partial charge in [0, 0.05) is 24.5 Å². The summed E-state index contributed by atoms with van der Waals surface area (Å²) in [5.41, 5.74) is 9.37. The lowest BCUT2D eigenvalue weighted by Crippen LogP contribution is -2.48. The van der Waals surface area contributed by atoms with E-state index in [1.54, 1.807) is 6.07 Å². The van der Waals surface area contributed by atoms with Crippen LogP contribution in [-0.4, -0.2) is 24.0 Å². The molecule has 84 valence electrons. The molecule has 0 aromatic heterocycles. The molecule has 1 heterocycles. The highest BCUT2D eigenvalue weighted by Gasteiger charge is 2.25. The number of benzene rings is 1. The van der Waals surface area contributed by atoms with Crippen molar-refractivity contribution in [1.29, 1.82) is 0 Å². The smallest absolute Gasteiger partial charge is 0.0628 e. The van der Waals surface area contributed by atoms with Gasteiger partial charge in [0.2, 0.25) is 0 Å². The average molecular weight is 257 g/mol. The van der Waals surface area contributed by atoms with Crippen molar-refractivity contribution >= 4 is 23.2 Å². The minimum Gasteiger partial charge on any atom is -0.298 e. The second-order valence-electron chi connectivity index (χ2n) is 3.80. The maximum atomic E-state index is 8.25. The third-order valence-corrected chi connectivity index (χ3v) is 3.28. The Balaban J connectivity index is 1.91. The van der Waals surface area contributed by atoms with Crippen LogP contribution in [0.2, 0.25) is 10.0 Å². The number of likely N-dealkylation sites (tertiary alicyclic amines) is 1. The van der Waals surface area contributed by atoms with Crippen LogP contribution < -0.4 is 0 Å². The summed E-state index contributed by atoms with van der Waals surface area (Å²) in [6.45, 7) is 2.43. The molecule has 0 radical (unpaired) electrons. The van der Waals surface area contributed by atoms with Crippen LogP contribution in [0.1, 0.15) is 5.56 Å². The highest BCUT2D eigenvalue weighted by molar-refractivity contribution is 6.42.